The van der Waals surface area contributed by atoms with Crippen LogP contribution in [0.15, 0.2) is 28.7 Å². The van der Waals surface area contributed by atoms with Gasteiger partial charge < -0.3 is 15.4 Å². The number of amides is 1. The van der Waals surface area contributed by atoms with Gasteiger partial charge in [-0.2, -0.15) is 0 Å². The quantitative estimate of drug-likeness (QED) is 0.811. The van der Waals surface area contributed by atoms with E-state index in [1.165, 1.54) is 0 Å². The number of carbonyl (C=O) groups is 1. The monoisotopic (exact) mass is 310 g/mol. The minimum atomic E-state index is -0.150. The van der Waals surface area contributed by atoms with Crippen molar-refractivity contribution in [3.63, 3.8) is 0 Å². The first-order valence-corrected chi connectivity index (χ1v) is 6.57. The summed E-state index contributed by atoms with van der Waals surface area (Å²) in [6.45, 7) is 2.41. The van der Waals surface area contributed by atoms with Gasteiger partial charge in [-0.15, -0.1) is 0 Å². The van der Waals surface area contributed by atoms with Gasteiger partial charge in [0.15, 0.2) is 0 Å². The van der Waals surface area contributed by atoms with Crippen molar-refractivity contribution in [1.82, 2.24) is 10.3 Å². The summed E-state index contributed by atoms with van der Waals surface area (Å²) < 4.78 is 0.970. The zero-order chi connectivity index (χ0) is 13.1. The molecule has 18 heavy (non-hydrogen) atoms. The van der Waals surface area contributed by atoms with Crippen molar-refractivity contribution >= 4 is 32.7 Å². The molecular formula is C13H15BrN2O2. The molecule has 1 aromatic carbocycles. The molecule has 1 amide bonds. The Morgan fingerprint density at radius 1 is 1.50 bits per heavy atom. The standard InChI is InChI=1S/C13H15BrN2O2/c1-8(7-17)6-15-13(18)12-4-9-2-3-10(14)5-11(9)16-12/h2-5,8,16-17H,6-7H2,1H3,(H,15,18). The lowest BCUT2D eigenvalue weighted by Gasteiger charge is -2.08. The van der Waals surface area contributed by atoms with Crippen molar-refractivity contribution < 1.29 is 9.90 Å². The first-order chi connectivity index (χ1) is 8.60. The van der Waals surface area contributed by atoms with Crippen LogP contribution in [0.25, 0.3) is 10.9 Å². The van der Waals surface area contributed by atoms with E-state index in [1.807, 2.05) is 31.2 Å². The average molecular weight is 311 g/mol. The van der Waals surface area contributed by atoms with E-state index in [0.717, 1.165) is 15.4 Å². The molecule has 1 unspecified atom stereocenters. The van der Waals surface area contributed by atoms with Crippen molar-refractivity contribution in [1.29, 1.82) is 0 Å². The van der Waals surface area contributed by atoms with Gasteiger partial charge in [0.1, 0.15) is 5.69 Å². The van der Waals surface area contributed by atoms with Crippen LogP contribution in [0.4, 0.5) is 0 Å². The van der Waals surface area contributed by atoms with Gasteiger partial charge in [-0.1, -0.05) is 28.9 Å². The normalized spacial score (nSPS) is 12.6. The molecule has 1 atom stereocenters. The Labute approximate surface area is 114 Å². The topological polar surface area (TPSA) is 65.1 Å². The number of hydrogen-bond acceptors (Lipinski definition) is 2. The number of H-pyrrole nitrogens is 1. The Kier molecular flexibility index (Phi) is 4.04. The SMILES string of the molecule is CC(CO)CNC(=O)c1cc2ccc(Br)cc2[nH]1. The Balaban J connectivity index is 2.13. The van der Waals surface area contributed by atoms with E-state index in [2.05, 4.69) is 26.2 Å². The van der Waals surface area contributed by atoms with Crippen LogP contribution in [0.1, 0.15) is 17.4 Å². The summed E-state index contributed by atoms with van der Waals surface area (Å²) in [6, 6.07) is 7.64. The van der Waals surface area contributed by atoms with Crippen molar-refractivity contribution in [2.24, 2.45) is 5.92 Å². The van der Waals surface area contributed by atoms with Gasteiger partial charge in [0.25, 0.3) is 5.91 Å². The molecule has 0 bridgehead atoms. The van der Waals surface area contributed by atoms with Crippen LogP contribution in [-0.2, 0) is 0 Å². The summed E-state index contributed by atoms with van der Waals surface area (Å²) in [5.41, 5.74) is 1.46. The minimum Gasteiger partial charge on any atom is -0.396 e. The number of aliphatic hydroxyl groups excluding tert-OH is 1. The van der Waals surface area contributed by atoms with Crippen molar-refractivity contribution in [3.8, 4) is 0 Å². The zero-order valence-electron chi connectivity index (χ0n) is 10.0. The predicted octanol–water partition coefficient (Wildman–Crippen LogP) is 2.29. The maximum Gasteiger partial charge on any atom is 0.267 e. The molecular weight excluding hydrogens is 296 g/mol. The van der Waals surface area contributed by atoms with Gasteiger partial charge in [0.05, 0.1) is 0 Å². The largest absolute Gasteiger partial charge is 0.396 e. The number of nitrogens with one attached hydrogen (secondary N) is 2. The molecule has 1 heterocycles. The molecule has 0 radical (unpaired) electrons. The number of hydrogen-bond donors (Lipinski definition) is 3. The highest BCUT2D eigenvalue weighted by Crippen LogP contribution is 2.20. The lowest BCUT2D eigenvalue weighted by molar-refractivity contribution is 0.0938. The molecule has 0 saturated heterocycles. The fourth-order valence-electron chi connectivity index (χ4n) is 1.65. The maximum absolute atomic E-state index is 11.9. The van der Waals surface area contributed by atoms with Crippen LogP contribution in [-0.4, -0.2) is 29.1 Å². The summed E-state index contributed by atoms with van der Waals surface area (Å²) in [5, 5.41) is 12.7. The molecule has 3 N–H and O–H groups in total. The summed E-state index contributed by atoms with van der Waals surface area (Å²) in [4.78, 5) is 15.0. The highest BCUT2D eigenvalue weighted by molar-refractivity contribution is 9.10. The Morgan fingerprint density at radius 2 is 2.28 bits per heavy atom. The summed E-state index contributed by atoms with van der Waals surface area (Å²) in [6.07, 6.45) is 0. The number of benzene rings is 1. The second kappa shape index (κ2) is 5.54. The van der Waals surface area contributed by atoms with E-state index in [-0.39, 0.29) is 18.4 Å². The number of aromatic nitrogens is 1. The molecule has 2 rings (SSSR count). The minimum absolute atomic E-state index is 0.0625. The van der Waals surface area contributed by atoms with E-state index in [9.17, 15) is 4.79 Å². The molecule has 96 valence electrons. The van der Waals surface area contributed by atoms with E-state index >= 15 is 0 Å². The van der Waals surface area contributed by atoms with Crippen LogP contribution in [0, 0.1) is 5.92 Å². The highest BCUT2D eigenvalue weighted by atomic mass is 79.9. The summed E-state index contributed by atoms with van der Waals surface area (Å²) >= 11 is 3.39. The molecule has 0 fully saturated rings. The number of halogens is 1. The fourth-order valence-corrected chi connectivity index (χ4v) is 2.01. The molecule has 1 aromatic heterocycles. The number of aliphatic hydroxyl groups is 1. The van der Waals surface area contributed by atoms with Crippen LogP contribution in [0.5, 0.6) is 0 Å². The fraction of sp³-hybridized carbons (Fsp3) is 0.308. The first kappa shape index (κ1) is 13.1. The molecule has 0 aliphatic rings. The smallest absolute Gasteiger partial charge is 0.267 e. The second-order valence-electron chi connectivity index (χ2n) is 4.41. The van der Waals surface area contributed by atoms with Crippen LogP contribution < -0.4 is 5.32 Å². The lowest BCUT2D eigenvalue weighted by Crippen LogP contribution is -2.29. The molecule has 0 spiro atoms. The van der Waals surface area contributed by atoms with Crippen LogP contribution in [0.2, 0.25) is 0 Å². The van der Waals surface area contributed by atoms with E-state index in [4.69, 9.17) is 5.11 Å². The third kappa shape index (κ3) is 2.91. The van der Waals surface area contributed by atoms with E-state index in [1.54, 1.807) is 0 Å². The van der Waals surface area contributed by atoms with Crippen LogP contribution >= 0.6 is 15.9 Å². The van der Waals surface area contributed by atoms with Gasteiger partial charge in [0, 0.05) is 28.5 Å². The molecule has 5 heteroatoms. The summed E-state index contributed by atoms with van der Waals surface area (Å²) in [5.74, 6) is -0.0879. The third-order valence-corrected chi connectivity index (χ3v) is 3.25. The van der Waals surface area contributed by atoms with Gasteiger partial charge >= 0.3 is 0 Å². The molecule has 0 aliphatic carbocycles. The van der Waals surface area contributed by atoms with Gasteiger partial charge in [-0.25, -0.2) is 0 Å². The van der Waals surface area contributed by atoms with Crippen molar-refractivity contribution in [3.05, 3.63) is 34.4 Å². The Hall–Kier alpha value is -1.33. The maximum atomic E-state index is 11.9. The molecule has 2 aromatic rings. The molecule has 4 nitrogen and oxygen atoms in total. The van der Waals surface area contributed by atoms with Gasteiger partial charge in [-0.3, -0.25) is 4.79 Å². The number of carbonyl (C=O) groups excluding carboxylic acids is 1. The zero-order valence-corrected chi connectivity index (χ0v) is 11.6. The number of fused-ring (bicyclic) bond motifs is 1. The summed E-state index contributed by atoms with van der Waals surface area (Å²) in [7, 11) is 0. The Morgan fingerprint density at radius 3 is 3.00 bits per heavy atom. The Bertz CT molecular complexity index is 565. The second-order valence-corrected chi connectivity index (χ2v) is 5.33. The van der Waals surface area contributed by atoms with Crippen molar-refractivity contribution in [2.75, 3.05) is 13.2 Å². The van der Waals surface area contributed by atoms with Gasteiger partial charge in [-0.05, 0) is 24.1 Å². The first-order valence-electron chi connectivity index (χ1n) is 5.77. The number of rotatable bonds is 4. The molecule has 0 saturated carbocycles. The van der Waals surface area contributed by atoms with Gasteiger partial charge in [0.2, 0.25) is 0 Å². The van der Waals surface area contributed by atoms with E-state index < -0.39 is 0 Å². The van der Waals surface area contributed by atoms with Crippen molar-refractivity contribution in [2.45, 2.75) is 6.92 Å². The number of aromatic amines is 1. The highest BCUT2D eigenvalue weighted by Gasteiger charge is 2.10. The van der Waals surface area contributed by atoms with Crippen LogP contribution in [0.3, 0.4) is 0 Å². The molecule has 0 aliphatic heterocycles. The lowest BCUT2D eigenvalue weighted by atomic mass is 10.2. The average Bonchev–Trinajstić information content (AvgIpc) is 2.78. The van der Waals surface area contributed by atoms with E-state index in [0.29, 0.717) is 12.2 Å². The predicted molar refractivity (Wildman–Crippen MR) is 74.6 cm³/mol. The third-order valence-electron chi connectivity index (χ3n) is 2.75.